The molecule has 0 aliphatic heterocycles. The molecule has 0 fully saturated rings. The van der Waals surface area contributed by atoms with Gasteiger partial charge >= 0.3 is 7.12 Å². The van der Waals surface area contributed by atoms with Gasteiger partial charge in [-0.05, 0) is 23.8 Å². The molecule has 41 heavy (non-hydrogen) atoms. The normalized spacial score (nSPS) is 14.7. The number of hydrogen-bond donors (Lipinski definition) is 0. The Bertz CT molecular complexity index is 1800. The Morgan fingerprint density at radius 1 is 0.537 bits per heavy atom. The molecular weight excluding hydrogens is 590 g/mol. The summed E-state index contributed by atoms with van der Waals surface area (Å²) in [6, 6.07) is 2.30. The molecule has 0 N–H and O–H groups in total. The van der Waals surface area contributed by atoms with E-state index in [4.69, 9.17) is 9.31 Å². The Kier molecular flexibility index (Phi) is 6.92. The van der Waals surface area contributed by atoms with Gasteiger partial charge in [-0.3, -0.25) is 0 Å². The highest BCUT2D eigenvalue weighted by Gasteiger charge is 2.42. The van der Waals surface area contributed by atoms with Crippen LogP contribution in [0.2, 0.25) is 0 Å². The summed E-state index contributed by atoms with van der Waals surface area (Å²) < 4.78 is 195. The largest absolute Gasteiger partial charge is 0.563 e. The lowest BCUT2D eigenvalue weighted by atomic mass is 9.78. The summed E-state index contributed by atoms with van der Waals surface area (Å²) in [5.41, 5.74) is -2.84. The maximum absolute atomic E-state index is 14.9. The molecule has 0 heterocycles. The maximum atomic E-state index is 14.9. The van der Waals surface area contributed by atoms with Crippen molar-refractivity contribution in [2.45, 2.75) is 6.10 Å². The molecule has 0 saturated heterocycles. The third-order valence-electron chi connectivity index (χ3n) is 6.07. The lowest BCUT2D eigenvalue weighted by molar-refractivity contribution is 0.188. The zero-order valence-corrected chi connectivity index (χ0v) is 19.3. The molecule has 4 aromatic rings. The van der Waals surface area contributed by atoms with Gasteiger partial charge in [0.15, 0.2) is 75.6 Å². The van der Waals surface area contributed by atoms with E-state index in [9.17, 15) is 57.1 Å². The van der Waals surface area contributed by atoms with Crippen LogP contribution < -0.4 is 10.1 Å². The van der Waals surface area contributed by atoms with Crippen molar-refractivity contribution in [3.8, 4) is 5.75 Å². The molecule has 0 amide bonds. The van der Waals surface area contributed by atoms with Crippen LogP contribution in [0.5, 0.6) is 5.75 Å². The number of hydrogen-bond acceptors (Lipinski definition) is 2. The minimum absolute atomic E-state index is 0.246. The Labute approximate surface area is 219 Å². The van der Waals surface area contributed by atoms with Gasteiger partial charge < -0.3 is 9.31 Å². The second-order valence-electron chi connectivity index (χ2n) is 8.40. The van der Waals surface area contributed by atoms with E-state index < -0.39 is 122 Å². The number of halogens is 13. The first-order valence-corrected chi connectivity index (χ1v) is 10.9. The van der Waals surface area contributed by atoms with E-state index in [1.807, 2.05) is 0 Å². The zero-order valence-electron chi connectivity index (χ0n) is 19.3. The second-order valence-corrected chi connectivity index (χ2v) is 8.40. The standard InChI is InChI=1S/C25H6BF13O2/c27-8-3-1-6(5-10(8)29)26(40-24-7-2-4-9(28)14(30)11(7)15(31)22(24)38)41-25-13-12(17(33)21(37)23(25)39)16(32)19(35)20(36)18(13)34/h1-5,24H. The van der Waals surface area contributed by atoms with Crippen molar-refractivity contribution in [1.29, 1.82) is 0 Å². The molecule has 1 aliphatic rings. The molecule has 212 valence electrons. The lowest BCUT2D eigenvalue weighted by Crippen LogP contribution is -2.41. The monoisotopic (exact) mass is 596 g/mol. The van der Waals surface area contributed by atoms with Crippen LogP contribution >= 0.6 is 0 Å². The van der Waals surface area contributed by atoms with Gasteiger partial charge in [0.1, 0.15) is 6.10 Å². The summed E-state index contributed by atoms with van der Waals surface area (Å²) in [6.07, 6.45) is -2.42. The maximum Gasteiger partial charge on any atom is 0.563 e. The molecular formula is C25H6BF13O2. The van der Waals surface area contributed by atoms with E-state index in [1.54, 1.807) is 0 Å². The van der Waals surface area contributed by atoms with Crippen molar-refractivity contribution in [2.24, 2.45) is 0 Å². The van der Waals surface area contributed by atoms with E-state index >= 15 is 0 Å². The highest BCUT2D eigenvalue weighted by Crippen LogP contribution is 2.46. The highest BCUT2D eigenvalue weighted by molar-refractivity contribution is 6.62. The SMILES string of the molecule is FC1=C(F)C(OB(Oc2c(F)c(F)c(F)c3c(F)c(F)c(F)c(F)c23)c2ccc(F)c(F)c2)c2ccc(F)c(F)c21. The predicted octanol–water partition coefficient (Wildman–Crippen LogP) is 7.52. The van der Waals surface area contributed by atoms with Crippen LogP contribution in [0.4, 0.5) is 57.1 Å². The van der Waals surface area contributed by atoms with Crippen LogP contribution in [-0.2, 0) is 4.65 Å². The Morgan fingerprint density at radius 3 is 1.71 bits per heavy atom. The van der Waals surface area contributed by atoms with Crippen LogP contribution in [0.1, 0.15) is 17.2 Å². The number of rotatable bonds is 5. The summed E-state index contributed by atoms with van der Waals surface area (Å²) in [5.74, 6) is -30.5. The third kappa shape index (κ3) is 4.27. The first kappa shape index (κ1) is 28.3. The average molecular weight is 596 g/mol. The molecule has 0 aromatic heterocycles. The fourth-order valence-corrected chi connectivity index (χ4v) is 4.15. The van der Waals surface area contributed by atoms with E-state index in [-0.39, 0.29) is 6.07 Å². The van der Waals surface area contributed by atoms with E-state index in [2.05, 4.69) is 0 Å². The van der Waals surface area contributed by atoms with Crippen molar-refractivity contribution >= 4 is 29.2 Å². The van der Waals surface area contributed by atoms with Gasteiger partial charge in [0, 0.05) is 5.46 Å². The molecule has 0 bridgehead atoms. The van der Waals surface area contributed by atoms with Crippen molar-refractivity contribution in [3.63, 3.8) is 0 Å². The summed E-state index contributed by atoms with van der Waals surface area (Å²) in [5, 5.41) is -3.86. The van der Waals surface area contributed by atoms with E-state index in [0.29, 0.717) is 24.3 Å². The molecule has 4 aromatic carbocycles. The minimum atomic E-state index is -2.63. The van der Waals surface area contributed by atoms with Gasteiger partial charge in [-0.2, -0.15) is 4.39 Å². The summed E-state index contributed by atoms with van der Waals surface area (Å²) in [4.78, 5) is 0. The van der Waals surface area contributed by atoms with E-state index in [0.717, 1.165) is 0 Å². The van der Waals surface area contributed by atoms with Crippen molar-refractivity contribution in [1.82, 2.24) is 0 Å². The molecule has 5 rings (SSSR count). The fraction of sp³-hybridized carbons (Fsp3) is 0.0400. The van der Waals surface area contributed by atoms with Crippen LogP contribution in [0, 0.1) is 64.0 Å². The molecule has 0 radical (unpaired) electrons. The fourth-order valence-electron chi connectivity index (χ4n) is 4.15. The quantitative estimate of drug-likeness (QED) is 0.103. The molecule has 0 spiro atoms. The molecule has 16 heteroatoms. The Morgan fingerprint density at radius 2 is 1.10 bits per heavy atom. The van der Waals surface area contributed by atoms with Gasteiger partial charge in [-0.25, -0.2) is 52.7 Å². The number of fused-ring (bicyclic) bond motifs is 2. The van der Waals surface area contributed by atoms with Crippen LogP contribution in [0.15, 0.2) is 36.2 Å². The smallest absolute Gasteiger partial charge is 0.530 e. The van der Waals surface area contributed by atoms with Gasteiger partial charge in [0.2, 0.25) is 5.82 Å². The lowest BCUT2D eigenvalue weighted by Gasteiger charge is -2.23. The van der Waals surface area contributed by atoms with Crippen LogP contribution in [0.3, 0.4) is 0 Å². The van der Waals surface area contributed by atoms with Crippen LogP contribution in [-0.4, -0.2) is 7.12 Å². The summed E-state index contributed by atoms with van der Waals surface area (Å²) in [6.45, 7) is 0. The minimum Gasteiger partial charge on any atom is -0.530 e. The van der Waals surface area contributed by atoms with Crippen LogP contribution in [0.25, 0.3) is 16.6 Å². The Balaban J connectivity index is 1.73. The van der Waals surface area contributed by atoms with Gasteiger partial charge in [-0.15, -0.1) is 0 Å². The molecule has 1 atom stereocenters. The van der Waals surface area contributed by atoms with Gasteiger partial charge in [-0.1, -0.05) is 12.1 Å². The van der Waals surface area contributed by atoms with Crippen molar-refractivity contribution in [2.75, 3.05) is 0 Å². The number of benzene rings is 4. The molecule has 0 saturated carbocycles. The van der Waals surface area contributed by atoms with Gasteiger partial charge in [0.05, 0.1) is 16.3 Å². The zero-order chi connectivity index (χ0) is 30.1. The topological polar surface area (TPSA) is 18.5 Å². The highest BCUT2D eigenvalue weighted by atomic mass is 19.2. The molecule has 1 unspecified atom stereocenters. The third-order valence-corrected chi connectivity index (χ3v) is 6.07. The second kappa shape index (κ2) is 10.0. The first-order valence-electron chi connectivity index (χ1n) is 10.9. The summed E-state index contributed by atoms with van der Waals surface area (Å²) in [7, 11) is -2.63. The average Bonchev–Trinajstić information content (AvgIpc) is 3.18. The predicted molar refractivity (Wildman–Crippen MR) is 115 cm³/mol. The summed E-state index contributed by atoms with van der Waals surface area (Å²) >= 11 is 0. The first-order chi connectivity index (χ1) is 19.3. The molecule has 1 aliphatic carbocycles. The Hall–Kier alpha value is -4.21. The molecule has 2 nitrogen and oxygen atoms in total. The van der Waals surface area contributed by atoms with E-state index in [1.165, 1.54) is 0 Å². The van der Waals surface area contributed by atoms with Crippen molar-refractivity contribution < 1.29 is 66.4 Å². The van der Waals surface area contributed by atoms with Gasteiger partial charge in [0.25, 0.3) is 0 Å². The van der Waals surface area contributed by atoms with Crippen molar-refractivity contribution in [3.05, 3.63) is 111 Å².